The van der Waals surface area contributed by atoms with Crippen molar-refractivity contribution in [3.8, 4) is 0 Å². The molecule has 4 aromatic rings. The van der Waals surface area contributed by atoms with Gasteiger partial charge in [-0.1, -0.05) is 91.0 Å². The molecule has 4 atom stereocenters. The third kappa shape index (κ3) is 4.04. The molecule has 0 radical (unpaired) electrons. The van der Waals surface area contributed by atoms with Gasteiger partial charge in [0.2, 0.25) is 11.8 Å². The summed E-state index contributed by atoms with van der Waals surface area (Å²) in [6.45, 7) is 0. The predicted molar refractivity (Wildman–Crippen MR) is 152 cm³/mol. The second-order valence-electron chi connectivity index (χ2n) is 10.4. The number of anilines is 2. The highest BCUT2D eigenvalue weighted by atomic mass is 19.1. The standard InChI is InChI=1S/C34H25FN2O4/c35-24-16-18-25(19-17-24)36-32(38)28-27-20-15-21-9-7-8-14-26(21)37(27)30(29(28)33(36)39)34(40)41-31(22-10-3-1-4-11-22)23-12-5-2-6-13-23/h1-20,27-31H/t27-,28-,29-,30+/m1/s1. The van der Waals surface area contributed by atoms with E-state index in [0.717, 1.165) is 27.3 Å². The summed E-state index contributed by atoms with van der Waals surface area (Å²) in [6, 6.07) is 30.1. The lowest BCUT2D eigenvalue weighted by Gasteiger charge is -2.36. The van der Waals surface area contributed by atoms with Crippen LogP contribution in [0, 0.1) is 17.7 Å². The molecule has 4 aromatic carbocycles. The van der Waals surface area contributed by atoms with Crippen LogP contribution < -0.4 is 9.80 Å². The monoisotopic (exact) mass is 544 g/mol. The molecule has 0 unspecified atom stereocenters. The van der Waals surface area contributed by atoms with Gasteiger partial charge >= 0.3 is 5.97 Å². The molecule has 2 fully saturated rings. The summed E-state index contributed by atoms with van der Waals surface area (Å²) in [5.74, 6) is -3.75. The van der Waals surface area contributed by atoms with Gasteiger partial charge in [0, 0.05) is 5.69 Å². The zero-order chi connectivity index (χ0) is 28.1. The van der Waals surface area contributed by atoms with E-state index in [1.807, 2.05) is 102 Å². The third-order valence-electron chi connectivity index (χ3n) is 8.18. The van der Waals surface area contributed by atoms with E-state index in [2.05, 4.69) is 0 Å². The van der Waals surface area contributed by atoms with E-state index in [1.54, 1.807) is 0 Å². The first-order valence-electron chi connectivity index (χ1n) is 13.5. The molecule has 6 nitrogen and oxygen atoms in total. The second-order valence-corrected chi connectivity index (χ2v) is 10.4. The Kier molecular flexibility index (Phi) is 6.00. The molecule has 41 heavy (non-hydrogen) atoms. The molecule has 7 heteroatoms. The van der Waals surface area contributed by atoms with E-state index >= 15 is 0 Å². The lowest BCUT2D eigenvalue weighted by atomic mass is 9.88. The highest BCUT2D eigenvalue weighted by molar-refractivity contribution is 6.24. The topological polar surface area (TPSA) is 66.9 Å². The van der Waals surface area contributed by atoms with Gasteiger partial charge in [-0.3, -0.25) is 9.59 Å². The maximum atomic E-state index is 14.3. The number of imide groups is 1. The summed E-state index contributed by atoms with van der Waals surface area (Å²) in [5, 5.41) is 0. The minimum atomic E-state index is -1.05. The first-order valence-corrected chi connectivity index (χ1v) is 13.5. The summed E-state index contributed by atoms with van der Waals surface area (Å²) >= 11 is 0. The van der Waals surface area contributed by atoms with Crippen molar-refractivity contribution < 1.29 is 23.5 Å². The summed E-state index contributed by atoms with van der Waals surface area (Å²) in [4.78, 5) is 45.2. The van der Waals surface area contributed by atoms with Crippen LogP contribution in [0.4, 0.5) is 15.8 Å². The quantitative estimate of drug-likeness (QED) is 0.244. The van der Waals surface area contributed by atoms with Gasteiger partial charge in [-0.25, -0.2) is 14.1 Å². The number of rotatable bonds is 5. The van der Waals surface area contributed by atoms with Crippen molar-refractivity contribution in [2.75, 3.05) is 9.80 Å². The minimum absolute atomic E-state index is 0.279. The maximum absolute atomic E-state index is 14.3. The molecular formula is C34H25FN2O4. The lowest BCUT2D eigenvalue weighted by molar-refractivity contribution is -0.151. The molecule has 0 N–H and O–H groups in total. The van der Waals surface area contributed by atoms with E-state index in [-0.39, 0.29) is 5.69 Å². The molecule has 3 aliphatic rings. The smallest absolute Gasteiger partial charge is 0.330 e. The Morgan fingerprint density at radius 1 is 0.732 bits per heavy atom. The second kappa shape index (κ2) is 9.86. The van der Waals surface area contributed by atoms with Crippen LogP contribution in [0.15, 0.2) is 115 Å². The van der Waals surface area contributed by atoms with Crippen LogP contribution in [0.1, 0.15) is 22.8 Å². The van der Waals surface area contributed by atoms with Crippen molar-refractivity contribution in [1.29, 1.82) is 0 Å². The molecular weight excluding hydrogens is 519 g/mol. The molecule has 202 valence electrons. The van der Waals surface area contributed by atoms with Gasteiger partial charge in [0.1, 0.15) is 11.9 Å². The van der Waals surface area contributed by atoms with Crippen LogP contribution in [0.5, 0.6) is 0 Å². The van der Waals surface area contributed by atoms with E-state index < -0.39 is 53.6 Å². The molecule has 0 aromatic heterocycles. The fraction of sp³-hybridized carbons (Fsp3) is 0.147. The molecule has 3 heterocycles. The maximum Gasteiger partial charge on any atom is 0.330 e. The molecule has 0 bridgehead atoms. The van der Waals surface area contributed by atoms with Crippen molar-refractivity contribution in [3.05, 3.63) is 138 Å². The average Bonchev–Trinajstić information content (AvgIpc) is 3.49. The number of ether oxygens (including phenoxy) is 1. The molecule has 2 saturated heterocycles. The molecule has 7 rings (SSSR count). The van der Waals surface area contributed by atoms with Crippen molar-refractivity contribution >= 4 is 35.2 Å². The first kappa shape index (κ1) is 25.0. The molecule has 2 amide bonds. The van der Waals surface area contributed by atoms with Crippen LogP contribution in [0.3, 0.4) is 0 Å². The number of halogens is 1. The number of hydrogen-bond acceptors (Lipinski definition) is 5. The fourth-order valence-corrected chi connectivity index (χ4v) is 6.40. The van der Waals surface area contributed by atoms with Gasteiger partial charge in [-0.2, -0.15) is 0 Å². The molecule has 0 spiro atoms. The van der Waals surface area contributed by atoms with E-state index in [1.165, 1.54) is 24.3 Å². The Labute approximate surface area is 236 Å². The van der Waals surface area contributed by atoms with Gasteiger partial charge in [-0.15, -0.1) is 0 Å². The van der Waals surface area contributed by atoms with Crippen LogP contribution in [0.25, 0.3) is 6.08 Å². The highest BCUT2D eigenvalue weighted by Crippen LogP contribution is 2.49. The number of para-hydroxylation sites is 1. The molecule has 3 aliphatic heterocycles. The Hall–Kier alpha value is -5.04. The zero-order valence-electron chi connectivity index (χ0n) is 21.8. The Morgan fingerprint density at radius 3 is 1.98 bits per heavy atom. The van der Waals surface area contributed by atoms with Crippen molar-refractivity contribution in [3.63, 3.8) is 0 Å². The summed E-state index contributed by atoms with van der Waals surface area (Å²) in [7, 11) is 0. The summed E-state index contributed by atoms with van der Waals surface area (Å²) in [5.41, 5.74) is 3.51. The van der Waals surface area contributed by atoms with Crippen molar-refractivity contribution in [1.82, 2.24) is 0 Å². The van der Waals surface area contributed by atoms with Crippen LogP contribution >= 0.6 is 0 Å². The fourth-order valence-electron chi connectivity index (χ4n) is 6.40. The number of carbonyl (C=O) groups excluding carboxylic acids is 3. The Balaban J connectivity index is 1.32. The Bertz CT molecular complexity index is 1630. The van der Waals surface area contributed by atoms with Gasteiger partial charge in [-0.05, 0) is 47.0 Å². The number of carbonyl (C=O) groups is 3. The summed E-state index contributed by atoms with van der Waals surface area (Å²) < 4.78 is 19.9. The molecule has 0 saturated carbocycles. The minimum Gasteiger partial charge on any atom is -0.451 e. The molecule has 0 aliphatic carbocycles. The van der Waals surface area contributed by atoms with Crippen LogP contribution in [-0.2, 0) is 19.1 Å². The van der Waals surface area contributed by atoms with Crippen LogP contribution in [-0.4, -0.2) is 29.9 Å². The predicted octanol–water partition coefficient (Wildman–Crippen LogP) is 5.55. The Morgan fingerprint density at radius 2 is 1.32 bits per heavy atom. The van der Waals surface area contributed by atoms with Gasteiger partial charge in [0.25, 0.3) is 0 Å². The van der Waals surface area contributed by atoms with Gasteiger partial charge in [0.05, 0.1) is 23.6 Å². The van der Waals surface area contributed by atoms with E-state index in [9.17, 15) is 18.8 Å². The number of nitrogens with zero attached hydrogens (tertiary/aromatic N) is 2. The highest BCUT2D eigenvalue weighted by Gasteiger charge is 2.65. The largest absolute Gasteiger partial charge is 0.451 e. The number of esters is 1. The lowest BCUT2D eigenvalue weighted by Crippen LogP contribution is -2.49. The first-order chi connectivity index (χ1) is 20.0. The van der Waals surface area contributed by atoms with Crippen LogP contribution in [0.2, 0.25) is 0 Å². The SMILES string of the molecule is O=C(OC(c1ccccc1)c1ccccc1)[C@@H]1[C@@H]2C(=O)N(c3ccc(F)cc3)C(=O)[C@@H]2[C@H]2C=Cc3ccccc3N21. The van der Waals surface area contributed by atoms with Crippen molar-refractivity contribution in [2.45, 2.75) is 18.2 Å². The number of benzene rings is 4. The average molecular weight is 545 g/mol. The van der Waals surface area contributed by atoms with Gasteiger partial charge in [0.15, 0.2) is 6.10 Å². The van der Waals surface area contributed by atoms with Crippen molar-refractivity contribution in [2.24, 2.45) is 11.8 Å². The van der Waals surface area contributed by atoms with E-state index in [4.69, 9.17) is 4.74 Å². The normalized spacial score (nSPS) is 22.5. The number of amides is 2. The number of fused-ring (bicyclic) bond motifs is 5. The third-order valence-corrected chi connectivity index (χ3v) is 8.18. The number of hydrogen-bond donors (Lipinski definition) is 0. The van der Waals surface area contributed by atoms with Gasteiger partial charge < -0.3 is 9.64 Å². The summed E-state index contributed by atoms with van der Waals surface area (Å²) in [6.07, 6.45) is 3.10. The zero-order valence-corrected chi connectivity index (χ0v) is 21.8. The van der Waals surface area contributed by atoms with E-state index in [0.29, 0.717) is 0 Å².